The topological polar surface area (TPSA) is 67.3 Å². The van der Waals surface area contributed by atoms with Gasteiger partial charge in [0.2, 0.25) is 0 Å². The average molecular weight is 282 g/mol. The summed E-state index contributed by atoms with van der Waals surface area (Å²) < 4.78 is 4.71. The summed E-state index contributed by atoms with van der Waals surface area (Å²) in [5.74, 6) is 0.698. The summed E-state index contributed by atoms with van der Waals surface area (Å²) in [5.41, 5.74) is 2.31. The number of halogens is 1. The first-order valence-electron chi connectivity index (χ1n) is 4.11. The van der Waals surface area contributed by atoms with E-state index in [-0.39, 0.29) is 0 Å². The molecule has 0 amide bonds. The van der Waals surface area contributed by atoms with E-state index < -0.39 is 0 Å². The summed E-state index contributed by atoms with van der Waals surface area (Å²) in [5, 5.41) is 5.78. The van der Waals surface area contributed by atoms with Gasteiger partial charge in [0.15, 0.2) is 11.5 Å². The molecule has 0 saturated heterocycles. The van der Waals surface area contributed by atoms with Crippen molar-refractivity contribution in [3.05, 3.63) is 22.1 Å². The largest absolute Gasteiger partial charge is 0.335 e. The second kappa shape index (κ2) is 3.35. The molecule has 0 aromatic carbocycles. The Hall–Kier alpha value is -1.34. The Labute approximate surface area is 96.9 Å². The van der Waals surface area contributed by atoms with Gasteiger partial charge in [0.25, 0.3) is 0 Å². The number of H-pyrrole nitrogens is 1. The van der Waals surface area contributed by atoms with E-state index in [1.54, 1.807) is 6.20 Å². The Morgan fingerprint density at radius 2 is 2.33 bits per heavy atom. The molecule has 0 saturated carbocycles. The van der Waals surface area contributed by atoms with E-state index in [1.807, 2.05) is 11.4 Å². The maximum atomic E-state index is 4.31. The molecule has 0 aliphatic carbocycles. The van der Waals surface area contributed by atoms with Gasteiger partial charge >= 0.3 is 0 Å². The molecular weight excluding hydrogens is 278 g/mol. The van der Waals surface area contributed by atoms with Gasteiger partial charge in [-0.15, -0.1) is 5.10 Å². The summed E-state index contributed by atoms with van der Waals surface area (Å²) in [4.78, 5) is 11.6. The van der Waals surface area contributed by atoms with E-state index in [1.165, 1.54) is 11.5 Å². The maximum absolute atomic E-state index is 4.31. The van der Waals surface area contributed by atoms with E-state index in [9.17, 15) is 0 Å². The average Bonchev–Trinajstić information content (AvgIpc) is 2.84. The van der Waals surface area contributed by atoms with Crippen LogP contribution in [-0.2, 0) is 0 Å². The van der Waals surface area contributed by atoms with Crippen molar-refractivity contribution in [1.82, 2.24) is 24.5 Å². The second-order valence-corrected chi connectivity index (χ2v) is 4.43. The van der Waals surface area contributed by atoms with E-state index in [0.29, 0.717) is 11.5 Å². The van der Waals surface area contributed by atoms with Gasteiger partial charge in [0.05, 0.1) is 5.52 Å². The lowest BCUT2D eigenvalue weighted by Gasteiger charge is -1.87. The zero-order valence-electron chi connectivity index (χ0n) is 7.31. The molecule has 0 fully saturated rings. The molecular formula is C8H4BrN5S. The van der Waals surface area contributed by atoms with Gasteiger partial charge in [-0.05, 0) is 33.5 Å². The van der Waals surface area contributed by atoms with Crippen molar-refractivity contribution >= 4 is 38.6 Å². The molecule has 0 atom stereocenters. The lowest BCUT2D eigenvalue weighted by atomic mass is 10.4. The van der Waals surface area contributed by atoms with Crippen LogP contribution in [0.15, 0.2) is 22.1 Å². The lowest BCUT2D eigenvalue weighted by Crippen LogP contribution is -1.79. The van der Waals surface area contributed by atoms with Gasteiger partial charge in [0.1, 0.15) is 5.69 Å². The number of aromatic nitrogens is 5. The van der Waals surface area contributed by atoms with Crippen molar-refractivity contribution < 1.29 is 0 Å². The lowest BCUT2D eigenvalue weighted by molar-refractivity contribution is 1.13. The smallest absolute Gasteiger partial charge is 0.178 e. The third-order valence-electron chi connectivity index (χ3n) is 1.91. The van der Waals surface area contributed by atoms with Crippen LogP contribution < -0.4 is 0 Å². The number of nitrogens with zero attached hydrogens (tertiary/aromatic N) is 4. The van der Waals surface area contributed by atoms with Crippen molar-refractivity contribution in [2.45, 2.75) is 0 Å². The first-order valence-corrected chi connectivity index (χ1v) is 5.74. The maximum Gasteiger partial charge on any atom is 0.178 e. The van der Waals surface area contributed by atoms with Gasteiger partial charge in [0, 0.05) is 16.0 Å². The fourth-order valence-corrected chi connectivity index (χ4v) is 2.04. The van der Waals surface area contributed by atoms with Crippen LogP contribution in [0.2, 0.25) is 0 Å². The Kier molecular flexibility index (Phi) is 2.00. The molecule has 0 radical (unpaired) electrons. The standard InChI is InChI=1S/C8H4BrN5S/c9-4-1-5-7(10-2-4)12-8(11-5)6-3-15-14-13-6/h1-3H,(H,10,11,12). The first-order chi connectivity index (χ1) is 7.33. The van der Waals surface area contributed by atoms with Crippen molar-refractivity contribution in [2.24, 2.45) is 0 Å². The molecule has 0 bridgehead atoms. The molecule has 3 aromatic heterocycles. The summed E-state index contributed by atoms with van der Waals surface area (Å²) in [6.45, 7) is 0. The fraction of sp³-hybridized carbons (Fsp3) is 0. The Balaban J connectivity index is 2.22. The highest BCUT2D eigenvalue weighted by Gasteiger charge is 2.08. The Morgan fingerprint density at radius 1 is 1.40 bits per heavy atom. The quantitative estimate of drug-likeness (QED) is 0.743. The van der Waals surface area contributed by atoms with Gasteiger partial charge < -0.3 is 4.98 Å². The first kappa shape index (κ1) is 8.93. The minimum atomic E-state index is 0.682. The third kappa shape index (κ3) is 1.53. The van der Waals surface area contributed by atoms with Gasteiger partial charge in [-0.2, -0.15) is 0 Å². The van der Waals surface area contributed by atoms with Crippen molar-refractivity contribution in [3.8, 4) is 11.5 Å². The molecule has 0 unspecified atom stereocenters. The predicted molar refractivity (Wildman–Crippen MR) is 60.5 cm³/mol. The highest BCUT2D eigenvalue weighted by molar-refractivity contribution is 9.10. The zero-order valence-corrected chi connectivity index (χ0v) is 9.71. The molecule has 15 heavy (non-hydrogen) atoms. The molecule has 0 aliphatic heterocycles. The molecule has 1 N–H and O–H groups in total. The molecule has 3 heterocycles. The third-order valence-corrected chi connectivity index (χ3v) is 2.84. The van der Waals surface area contributed by atoms with Crippen LogP contribution in [0.4, 0.5) is 0 Å². The van der Waals surface area contributed by atoms with Crippen LogP contribution in [0.25, 0.3) is 22.7 Å². The van der Waals surface area contributed by atoms with Crippen LogP contribution in [-0.4, -0.2) is 24.5 Å². The Bertz CT molecular complexity index is 603. The number of imidazole rings is 1. The molecule has 3 aromatic rings. The van der Waals surface area contributed by atoms with E-state index in [4.69, 9.17) is 0 Å². The number of hydrogen-bond donors (Lipinski definition) is 1. The van der Waals surface area contributed by atoms with Crippen LogP contribution in [0.3, 0.4) is 0 Å². The summed E-state index contributed by atoms with van der Waals surface area (Å²) in [7, 11) is 0. The van der Waals surface area contributed by atoms with Gasteiger partial charge in [-0.1, -0.05) is 4.49 Å². The number of aromatic amines is 1. The minimum Gasteiger partial charge on any atom is -0.335 e. The van der Waals surface area contributed by atoms with Crippen molar-refractivity contribution in [2.75, 3.05) is 0 Å². The number of hydrogen-bond acceptors (Lipinski definition) is 5. The number of rotatable bonds is 1. The molecule has 74 valence electrons. The Morgan fingerprint density at radius 3 is 3.13 bits per heavy atom. The summed E-state index contributed by atoms with van der Waals surface area (Å²) in [6.07, 6.45) is 1.71. The SMILES string of the molecule is Brc1cnc2nc(-c3csnn3)[nH]c2c1. The van der Waals surface area contributed by atoms with E-state index in [2.05, 4.69) is 40.5 Å². The molecule has 5 nitrogen and oxygen atoms in total. The van der Waals surface area contributed by atoms with Crippen molar-refractivity contribution in [3.63, 3.8) is 0 Å². The molecule has 3 rings (SSSR count). The van der Waals surface area contributed by atoms with Crippen LogP contribution in [0, 0.1) is 0 Å². The normalized spacial score (nSPS) is 11.0. The van der Waals surface area contributed by atoms with E-state index >= 15 is 0 Å². The second-order valence-electron chi connectivity index (χ2n) is 2.90. The fourth-order valence-electron chi connectivity index (χ4n) is 1.26. The monoisotopic (exact) mass is 281 g/mol. The van der Waals surface area contributed by atoms with Gasteiger partial charge in [-0.25, -0.2) is 9.97 Å². The predicted octanol–water partition coefficient (Wildman–Crippen LogP) is 2.24. The van der Waals surface area contributed by atoms with Crippen LogP contribution in [0.5, 0.6) is 0 Å². The zero-order chi connectivity index (χ0) is 10.3. The van der Waals surface area contributed by atoms with Crippen LogP contribution >= 0.6 is 27.5 Å². The summed E-state index contributed by atoms with van der Waals surface area (Å²) >= 11 is 4.65. The number of pyridine rings is 1. The highest BCUT2D eigenvalue weighted by Crippen LogP contribution is 2.20. The van der Waals surface area contributed by atoms with E-state index in [0.717, 1.165) is 15.7 Å². The molecule has 0 aliphatic rings. The minimum absolute atomic E-state index is 0.682. The number of fused-ring (bicyclic) bond motifs is 1. The highest BCUT2D eigenvalue weighted by atomic mass is 79.9. The van der Waals surface area contributed by atoms with Crippen molar-refractivity contribution in [1.29, 1.82) is 0 Å². The summed E-state index contributed by atoms with van der Waals surface area (Å²) in [6, 6.07) is 1.93. The van der Waals surface area contributed by atoms with Gasteiger partial charge in [-0.3, -0.25) is 0 Å². The van der Waals surface area contributed by atoms with Crippen LogP contribution in [0.1, 0.15) is 0 Å². The number of nitrogens with one attached hydrogen (secondary N) is 1. The molecule has 0 spiro atoms. The molecule has 7 heteroatoms.